The van der Waals surface area contributed by atoms with Crippen molar-refractivity contribution in [2.45, 2.75) is 30.4 Å². The lowest BCUT2D eigenvalue weighted by molar-refractivity contribution is -0.0320. The molecular weight excluding hydrogens is 268 g/mol. The summed E-state index contributed by atoms with van der Waals surface area (Å²) in [5.41, 5.74) is 5.22. The second-order valence-electron chi connectivity index (χ2n) is 5.14. The van der Waals surface area contributed by atoms with Gasteiger partial charge in [-0.15, -0.1) is 0 Å². The maximum atomic E-state index is 12.6. The normalized spacial score (nSPS) is 25.6. The molecule has 1 saturated heterocycles. The van der Waals surface area contributed by atoms with E-state index in [9.17, 15) is 8.42 Å². The van der Waals surface area contributed by atoms with Crippen LogP contribution in [0.25, 0.3) is 0 Å². The second kappa shape index (κ2) is 4.77. The molecule has 0 bridgehead atoms. The molecule has 1 aromatic heterocycles. The van der Waals surface area contributed by atoms with Gasteiger partial charge in [0.05, 0.1) is 11.9 Å². The molecule has 1 atom stereocenters. The fraction of sp³-hybridized carbons (Fsp3) is 0.727. The van der Waals surface area contributed by atoms with Gasteiger partial charge in [-0.1, -0.05) is 0 Å². The quantitative estimate of drug-likeness (QED) is 0.857. The summed E-state index contributed by atoms with van der Waals surface area (Å²) in [6, 6.07) is 0. The van der Waals surface area contributed by atoms with E-state index in [1.165, 1.54) is 15.2 Å². The third kappa shape index (κ3) is 2.47. The van der Waals surface area contributed by atoms with Gasteiger partial charge in [0.1, 0.15) is 0 Å². The monoisotopic (exact) mass is 288 g/mol. The first-order chi connectivity index (χ1) is 8.80. The molecule has 0 aliphatic carbocycles. The standard InChI is InChI=1S/C11H20N4O3S/c1-11(18-3)5-4-6-15(7-11)19(16,17)10-9(12)13-8-14(10)2/h8H,4-7,12H2,1-3H3. The van der Waals surface area contributed by atoms with Gasteiger partial charge in [0.15, 0.2) is 10.8 Å². The molecular formula is C11H20N4O3S. The Balaban J connectivity index is 2.35. The topological polar surface area (TPSA) is 90.4 Å². The predicted octanol–water partition coefficient (Wildman–Crippen LogP) is 0.192. The van der Waals surface area contributed by atoms with Crippen molar-refractivity contribution in [2.24, 2.45) is 7.05 Å². The largest absolute Gasteiger partial charge is 0.381 e. The summed E-state index contributed by atoms with van der Waals surface area (Å²) in [7, 11) is -0.406. The smallest absolute Gasteiger partial charge is 0.262 e. The van der Waals surface area contributed by atoms with Crippen LogP contribution >= 0.6 is 0 Å². The summed E-state index contributed by atoms with van der Waals surface area (Å²) in [5, 5.41) is 0.0489. The fourth-order valence-corrected chi connectivity index (χ4v) is 4.19. The van der Waals surface area contributed by atoms with E-state index in [-0.39, 0.29) is 10.8 Å². The molecule has 2 heterocycles. The van der Waals surface area contributed by atoms with Crippen molar-refractivity contribution in [3.05, 3.63) is 6.33 Å². The zero-order valence-corrected chi connectivity index (χ0v) is 12.3. The number of sulfonamides is 1. The highest BCUT2D eigenvalue weighted by Gasteiger charge is 2.39. The SMILES string of the molecule is COC1(C)CCCN(S(=O)(=O)c2c(N)ncn2C)C1. The Labute approximate surface area is 113 Å². The van der Waals surface area contributed by atoms with Crippen LogP contribution in [0.15, 0.2) is 11.4 Å². The first kappa shape index (κ1) is 14.3. The fourth-order valence-electron chi connectivity index (χ4n) is 2.41. The summed E-state index contributed by atoms with van der Waals surface area (Å²) < 4.78 is 33.5. The lowest BCUT2D eigenvalue weighted by atomic mass is 9.96. The molecule has 0 spiro atoms. The van der Waals surface area contributed by atoms with Crippen LogP contribution in [-0.2, 0) is 21.8 Å². The zero-order chi connectivity index (χ0) is 14.3. The molecule has 0 aromatic carbocycles. The predicted molar refractivity (Wildman–Crippen MR) is 71.0 cm³/mol. The molecule has 0 amide bonds. The Morgan fingerprint density at radius 3 is 2.74 bits per heavy atom. The minimum Gasteiger partial charge on any atom is -0.381 e. The number of aryl methyl sites for hydroxylation is 1. The number of anilines is 1. The Morgan fingerprint density at radius 1 is 1.53 bits per heavy atom. The summed E-state index contributed by atoms with van der Waals surface area (Å²) >= 11 is 0. The van der Waals surface area contributed by atoms with E-state index in [0.29, 0.717) is 13.1 Å². The van der Waals surface area contributed by atoms with Crippen LogP contribution in [0.2, 0.25) is 0 Å². The van der Waals surface area contributed by atoms with Crippen LogP contribution in [0.4, 0.5) is 5.82 Å². The Bertz CT molecular complexity index is 549. The number of hydrogen-bond donors (Lipinski definition) is 1. The van der Waals surface area contributed by atoms with Crippen molar-refractivity contribution in [1.82, 2.24) is 13.9 Å². The molecule has 108 valence electrons. The summed E-state index contributed by atoms with van der Waals surface area (Å²) in [6.07, 6.45) is 3.01. The van der Waals surface area contributed by atoms with Crippen LogP contribution in [-0.4, -0.2) is 48.1 Å². The average molecular weight is 288 g/mol. The Hall–Kier alpha value is -1.12. The third-order valence-corrected chi connectivity index (χ3v) is 5.59. The van der Waals surface area contributed by atoms with Gasteiger partial charge in [0.25, 0.3) is 10.0 Å². The number of rotatable bonds is 3. The number of hydrogen-bond acceptors (Lipinski definition) is 5. The number of piperidine rings is 1. The van der Waals surface area contributed by atoms with E-state index in [1.54, 1.807) is 14.2 Å². The van der Waals surface area contributed by atoms with Crippen LogP contribution in [0.3, 0.4) is 0 Å². The maximum Gasteiger partial charge on any atom is 0.262 e. The first-order valence-corrected chi connectivity index (χ1v) is 7.56. The minimum absolute atomic E-state index is 0.0344. The van der Waals surface area contributed by atoms with E-state index in [0.717, 1.165) is 12.8 Å². The molecule has 1 aromatic rings. The molecule has 1 aliphatic heterocycles. The van der Waals surface area contributed by atoms with E-state index in [4.69, 9.17) is 10.5 Å². The number of aromatic nitrogens is 2. The Kier molecular flexibility index (Phi) is 3.59. The summed E-state index contributed by atoms with van der Waals surface area (Å²) in [6.45, 7) is 2.73. The molecule has 19 heavy (non-hydrogen) atoms. The molecule has 7 nitrogen and oxygen atoms in total. The first-order valence-electron chi connectivity index (χ1n) is 6.12. The number of methoxy groups -OCH3 is 1. The molecule has 0 radical (unpaired) electrons. The van der Waals surface area contributed by atoms with E-state index in [1.807, 2.05) is 6.92 Å². The van der Waals surface area contributed by atoms with Gasteiger partial charge < -0.3 is 15.0 Å². The Morgan fingerprint density at radius 2 is 2.21 bits per heavy atom. The van der Waals surface area contributed by atoms with Gasteiger partial charge in [-0.05, 0) is 19.8 Å². The lowest BCUT2D eigenvalue weighted by Crippen LogP contribution is -2.49. The van der Waals surface area contributed by atoms with E-state index < -0.39 is 15.6 Å². The molecule has 1 fully saturated rings. The van der Waals surface area contributed by atoms with Crippen molar-refractivity contribution >= 4 is 15.8 Å². The third-order valence-electron chi connectivity index (χ3n) is 3.61. The van der Waals surface area contributed by atoms with Crippen LogP contribution in [0.1, 0.15) is 19.8 Å². The van der Waals surface area contributed by atoms with Gasteiger partial charge >= 0.3 is 0 Å². The number of nitrogens with zero attached hydrogens (tertiary/aromatic N) is 3. The molecule has 8 heteroatoms. The van der Waals surface area contributed by atoms with Crippen LogP contribution in [0.5, 0.6) is 0 Å². The highest BCUT2D eigenvalue weighted by Crippen LogP contribution is 2.29. The van der Waals surface area contributed by atoms with Gasteiger partial charge in [-0.3, -0.25) is 0 Å². The maximum absolute atomic E-state index is 12.6. The van der Waals surface area contributed by atoms with Crippen molar-refractivity contribution in [3.63, 3.8) is 0 Å². The van der Waals surface area contributed by atoms with Crippen molar-refractivity contribution < 1.29 is 13.2 Å². The van der Waals surface area contributed by atoms with Gasteiger partial charge in [0, 0.05) is 27.2 Å². The highest BCUT2D eigenvalue weighted by molar-refractivity contribution is 7.89. The second-order valence-corrected chi connectivity index (χ2v) is 7.00. The van der Waals surface area contributed by atoms with Gasteiger partial charge in [-0.2, -0.15) is 4.31 Å². The molecule has 0 saturated carbocycles. The van der Waals surface area contributed by atoms with E-state index in [2.05, 4.69) is 4.98 Å². The van der Waals surface area contributed by atoms with Crippen molar-refractivity contribution in [2.75, 3.05) is 25.9 Å². The number of ether oxygens (including phenoxy) is 1. The van der Waals surface area contributed by atoms with Crippen LogP contribution in [0, 0.1) is 0 Å². The number of nitrogens with two attached hydrogens (primary N) is 1. The van der Waals surface area contributed by atoms with Crippen molar-refractivity contribution in [1.29, 1.82) is 0 Å². The number of imidazole rings is 1. The molecule has 1 aliphatic rings. The van der Waals surface area contributed by atoms with E-state index >= 15 is 0 Å². The minimum atomic E-state index is -3.63. The number of nitrogen functional groups attached to an aromatic ring is 1. The highest BCUT2D eigenvalue weighted by atomic mass is 32.2. The lowest BCUT2D eigenvalue weighted by Gasteiger charge is -2.38. The van der Waals surface area contributed by atoms with Crippen LogP contribution < -0.4 is 5.73 Å². The summed E-state index contributed by atoms with van der Waals surface area (Å²) in [5.74, 6) is 0.0344. The van der Waals surface area contributed by atoms with Gasteiger partial charge in [0.2, 0.25) is 0 Å². The molecule has 2 N–H and O–H groups in total. The zero-order valence-electron chi connectivity index (χ0n) is 11.5. The molecule has 1 unspecified atom stereocenters. The average Bonchev–Trinajstić information content (AvgIpc) is 2.69. The summed E-state index contributed by atoms with van der Waals surface area (Å²) in [4.78, 5) is 3.84. The van der Waals surface area contributed by atoms with Gasteiger partial charge in [-0.25, -0.2) is 13.4 Å². The van der Waals surface area contributed by atoms with Crippen molar-refractivity contribution in [3.8, 4) is 0 Å². The molecule has 2 rings (SSSR count).